The monoisotopic (exact) mass is 502 g/mol. The highest BCUT2D eigenvalue weighted by Crippen LogP contribution is 2.37. The van der Waals surface area contributed by atoms with Gasteiger partial charge in [-0.1, -0.05) is 60.7 Å². The Morgan fingerprint density at radius 2 is 1.18 bits per heavy atom. The highest BCUT2D eigenvalue weighted by molar-refractivity contribution is 7.88. The van der Waals surface area contributed by atoms with Crippen LogP contribution in [0.3, 0.4) is 0 Å². The number of nitrogens with two attached hydrogens (primary N) is 1. The minimum Gasteiger partial charge on any atom is -0.322 e. The largest absolute Gasteiger partial charge is 0.416 e. The minimum atomic E-state index is -5.09. The zero-order valence-corrected chi connectivity index (χ0v) is 18.3. The van der Waals surface area contributed by atoms with Gasteiger partial charge in [-0.05, 0) is 34.9 Å². The van der Waals surface area contributed by atoms with Gasteiger partial charge in [0, 0.05) is 0 Å². The molecule has 11 heteroatoms. The zero-order valence-electron chi connectivity index (χ0n) is 17.4. The van der Waals surface area contributed by atoms with Crippen molar-refractivity contribution in [3.05, 3.63) is 107 Å². The topological polar surface area (TPSA) is 72.2 Å². The summed E-state index contributed by atoms with van der Waals surface area (Å²) in [4.78, 5) is 0. The Bertz CT molecular complexity index is 1180. The van der Waals surface area contributed by atoms with E-state index in [9.17, 15) is 34.8 Å². The van der Waals surface area contributed by atoms with Gasteiger partial charge in [0.25, 0.3) is 0 Å². The number of hydrogen-bond donors (Lipinski definition) is 2. The Kier molecular flexibility index (Phi) is 7.39. The van der Waals surface area contributed by atoms with Crippen molar-refractivity contribution >= 4 is 10.0 Å². The van der Waals surface area contributed by atoms with E-state index in [1.54, 1.807) is 60.7 Å². The molecule has 0 saturated carbocycles. The van der Waals surface area contributed by atoms with E-state index in [1.165, 1.54) is 0 Å². The summed E-state index contributed by atoms with van der Waals surface area (Å²) in [5.74, 6) is -1.11. The number of alkyl halides is 6. The molecule has 0 heterocycles. The second-order valence-corrected chi connectivity index (χ2v) is 9.37. The standard InChI is InChI=1S/C23H20F6N2O2S/c24-22(25,26)18-11-15(12-19(13-18)23(27,28)29)14-34(32,33)31-21(17-9-5-2-6-10-17)20(30)16-7-3-1-4-8-16/h1-13,20-21,31H,14,30H2. The molecule has 3 rings (SSSR count). The zero-order chi connectivity index (χ0) is 25.1. The summed E-state index contributed by atoms with van der Waals surface area (Å²) in [6.45, 7) is 0. The third kappa shape index (κ3) is 6.58. The van der Waals surface area contributed by atoms with Gasteiger partial charge >= 0.3 is 12.4 Å². The first kappa shape index (κ1) is 25.7. The lowest BCUT2D eigenvalue weighted by molar-refractivity contribution is -0.143. The van der Waals surface area contributed by atoms with Crippen LogP contribution in [0.1, 0.15) is 39.9 Å². The molecule has 4 nitrogen and oxygen atoms in total. The summed E-state index contributed by atoms with van der Waals surface area (Å²) in [7, 11) is -4.42. The molecule has 0 aromatic heterocycles. The lowest BCUT2D eigenvalue weighted by Crippen LogP contribution is -2.36. The molecule has 0 aliphatic heterocycles. The number of nitrogens with one attached hydrogen (secondary N) is 1. The minimum absolute atomic E-state index is 0.0539. The Morgan fingerprint density at radius 3 is 1.62 bits per heavy atom. The van der Waals surface area contributed by atoms with Crippen molar-refractivity contribution in [3.63, 3.8) is 0 Å². The molecule has 0 saturated heterocycles. The molecular weight excluding hydrogens is 482 g/mol. The van der Waals surface area contributed by atoms with E-state index in [4.69, 9.17) is 5.73 Å². The van der Waals surface area contributed by atoms with Gasteiger partial charge in [0.15, 0.2) is 0 Å². The molecule has 3 aromatic carbocycles. The number of sulfonamides is 1. The first-order valence-corrected chi connectivity index (χ1v) is 11.6. The van der Waals surface area contributed by atoms with Crippen LogP contribution in [0.4, 0.5) is 26.3 Å². The molecule has 34 heavy (non-hydrogen) atoms. The fraction of sp³-hybridized carbons (Fsp3) is 0.217. The second-order valence-electron chi connectivity index (χ2n) is 7.62. The van der Waals surface area contributed by atoms with Crippen LogP contribution >= 0.6 is 0 Å². The summed E-state index contributed by atoms with van der Waals surface area (Å²) in [6.07, 6.45) is -10.2. The smallest absolute Gasteiger partial charge is 0.322 e. The Hall–Kier alpha value is -2.89. The molecule has 3 aromatic rings. The first-order chi connectivity index (χ1) is 15.8. The fourth-order valence-electron chi connectivity index (χ4n) is 3.43. The van der Waals surface area contributed by atoms with Crippen LogP contribution in [0.15, 0.2) is 78.9 Å². The molecule has 0 aliphatic rings. The Labute approximate surface area is 192 Å². The van der Waals surface area contributed by atoms with Crippen molar-refractivity contribution in [1.29, 1.82) is 0 Å². The quantitative estimate of drug-likeness (QED) is 0.414. The molecule has 3 N–H and O–H groups in total. The third-order valence-electron chi connectivity index (χ3n) is 5.01. The molecule has 0 amide bonds. The predicted molar refractivity (Wildman–Crippen MR) is 115 cm³/mol. The summed E-state index contributed by atoms with van der Waals surface area (Å²) in [6, 6.07) is 15.5. The SMILES string of the molecule is NC(c1ccccc1)C(NS(=O)(=O)Cc1cc(C(F)(F)F)cc(C(F)(F)F)c1)c1ccccc1. The van der Waals surface area contributed by atoms with Crippen LogP contribution in [0.5, 0.6) is 0 Å². The molecular formula is C23H20F6N2O2S. The van der Waals surface area contributed by atoms with Gasteiger partial charge in [0.05, 0.1) is 29.0 Å². The first-order valence-electron chi connectivity index (χ1n) is 9.90. The fourth-order valence-corrected chi connectivity index (χ4v) is 4.79. The van der Waals surface area contributed by atoms with E-state index < -0.39 is 56.9 Å². The highest BCUT2D eigenvalue weighted by atomic mass is 32.2. The summed E-state index contributed by atoms with van der Waals surface area (Å²) < 4.78 is 107. The molecule has 0 aliphatic carbocycles. The molecule has 182 valence electrons. The lowest BCUT2D eigenvalue weighted by Gasteiger charge is -2.26. The predicted octanol–water partition coefficient (Wildman–Crippen LogP) is 5.58. The van der Waals surface area contributed by atoms with Crippen molar-refractivity contribution in [2.75, 3.05) is 0 Å². The van der Waals surface area contributed by atoms with Crippen molar-refractivity contribution in [1.82, 2.24) is 4.72 Å². The van der Waals surface area contributed by atoms with Crippen LogP contribution in [-0.4, -0.2) is 8.42 Å². The second kappa shape index (κ2) is 9.77. The average Bonchev–Trinajstić information content (AvgIpc) is 2.76. The Balaban J connectivity index is 1.97. The van der Waals surface area contributed by atoms with E-state index in [0.717, 1.165) is 0 Å². The maximum atomic E-state index is 13.1. The van der Waals surface area contributed by atoms with Crippen LogP contribution in [0.2, 0.25) is 0 Å². The van der Waals surface area contributed by atoms with Crippen molar-refractivity contribution in [2.24, 2.45) is 5.73 Å². The third-order valence-corrected chi connectivity index (χ3v) is 6.34. The normalized spacial score (nSPS) is 14.6. The van der Waals surface area contributed by atoms with Gasteiger partial charge in [-0.15, -0.1) is 0 Å². The van der Waals surface area contributed by atoms with Crippen LogP contribution in [0.25, 0.3) is 0 Å². The molecule has 0 fully saturated rings. The maximum Gasteiger partial charge on any atom is 0.416 e. The van der Waals surface area contributed by atoms with E-state index in [2.05, 4.69) is 4.72 Å². The van der Waals surface area contributed by atoms with Crippen LogP contribution in [-0.2, 0) is 28.1 Å². The van der Waals surface area contributed by atoms with Crippen LogP contribution < -0.4 is 10.5 Å². The van der Waals surface area contributed by atoms with Gasteiger partial charge in [0.1, 0.15) is 0 Å². The van der Waals surface area contributed by atoms with E-state index in [-0.39, 0.29) is 6.07 Å². The number of benzene rings is 3. The van der Waals surface area contributed by atoms with Crippen molar-refractivity contribution < 1.29 is 34.8 Å². The summed E-state index contributed by atoms with van der Waals surface area (Å²) in [5.41, 5.74) is 3.53. The number of halogens is 6. The number of hydrogen-bond acceptors (Lipinski definition) is 3. The molecule has 2 unspecified atom stereocenters. The Morgan fingerprint density at radius 1 is 0.735 bits per heavy atom. The van der Waals surface area contributed by atoms with Crippen molar-refractivity contribution in [2.45, 2.75) is 30.2 Å². The summed E-state index contributed by atoms with van der Waals surface area (Å²) in [5, 5.41) is 0. The van der Waals surface area contributed by atoms with Gasteiger partial charge in [-0.2, -0.15) is 26.3 Å². The molecule has 0 spiro atoms. The van der Waals surface area contributed by atoms with E-state index in [1.807, 2.05) is 0 Å². The highest BCUT2D eigenvalue weighted by Gasteiger charge is 2.37. The average molecular weight is 502 g/mol. The molecule has 0 radical (unpaired) electrons. The van der Waals surface area contributed by atoms with Crippen LogP contribution in [0, 0.1) is 0 Å². The summed E-state index contributed by atoms with van der Waals surface area (Å²) >= 11 is 0. The maximum absolute atomic E-state index is 13.1. The van der Waals surface area contributed by atoms with Gasteiger partial charge in [-0.3, -0.25) is 0 Å². The number of rotatable bonds is 7. The lowest BCUT2D eigenvalue weighted by atomic mass is 9.95. The van der Waals surface area contributed by atoms with Gasteiger partial charge in [-0.25, -0.2) is 13.1 Å². The van der Waals surface area contributed by atoms with Crippen molar-refractivity contribution in [3.8, 4) is 0 Å². The van der Waals surface area contributed by atoms with E-state index >= 15 is 0 Å². The van der Waals surface area contributed by atoms with E-state index in [0.29, 0.717) is 23.3 Å². The molecule has 2 atom stereocenters. The molecule has 0 bridgehead atoms. The van der Waals surface area contributed by atoms with Gasteiger partial charge in [0.2, 0.25) is 10.0 Å². The van der Waals surface area contributed by atoms with Gasteiger partial charge < -0.3 is 5.73 Å².